The van der Waals surface area contributed by atoms with Crippen molar-refractivity contribution in [2.75, 3.05) is 52.6 Å². The van der Waals surface area contributed by atoms with Crippen LogP contribution in [0.15, 0.2) is 0 Å². The predicted octanol–water partition coefficient (Wildman–Crippen LogP) is 10.8. The quantitative estimate of drug-likeness (QED) is 0.0377. The normalized spacial score (nSPS) is 29.1. The average Bonchev–Trinajstić information content (AvgIpc) is 2.72. The molecule has 0 saturated carbocycles. The lowest BCUT2D eigenvalue weighted by molar-refractivity contribution is -0.215. The number of hydrogen-bond donors (Lipinski definition) is 4. The molecule has 2 amide bonds. The SMILES string of the molecule is CCCCCCCCC1OC2CC(C(O)CCCCC)OC(C(O)CC(O)C(CC)OCCN3CCCC3=O)CC(O)C3CCCCCCCC(=O)OCC(COC(=O)CCCCCCCC1OCCN1CCCC1=O)OC(=O)CCCCCCCC2O3. The number of aliphatic hydroxyl groups excluding tert-OH is 4. The molecule has 4 N–H and O–H groups in total. The second-order valence-electron chi connectivity index (χ2n) is 26.3. The highest BCUT2D eigenvalue weighted by Crippen LogP contribution is 2.34. The van der Waals surface area contributed by atoms with Gasteiger partial charge in [0, 0.05) is 77.5 Å². The molecule has 5 fully saturated rings. The molecular weight excluding hydrogens is 1130 g/mol. The number of fused-ring (bicyclic) bond motifs is 10. The molecule has 0 aromatic rings. The third-order valence-corrected chi connectivity index (χ3v) is 18.9. The minimum absolute atomic E-state index is 0.0202. The Labute approximate surface area is 529 Å². The summed E-state index contributed by atoms with van der Waals surface area (Å²) < 4.78 is 52.5. The minimum atomic E-state index is -1.27. The van der Waals surface area contributed by atoms with Gasteiger partial charge in [-0.3, -0.25) is 24.0 Å². The minimum Gasteiger partial charge on any atom is -0.462 e. The van der Waals surface area contributed by atoms with E-state index in [1.165, 1.54) is 6.42 Å². The van der Waals surface area contributed by atoms with Gasteiger partial charge in [-0.15, -0.1) is 0 Å². The summed E-state index contributed by atoms with van der Waals surface area (Å²) in [5, 5.41) is 49.5. The van der Waals surface area contributed by atoms with E-state index in [0.29, 0.717) is 110 Å². The number of likely N-dealkylation sites (tertiary alicyclic amines) is 2. The predicted molar refractivity (Wildman–Crippen MR) is 336 cm³/mol. The molecule has 0 aromatic carbocycles. The van der Waals surface area contributed by atoms with Crippen LogP contribution in [-0.4, -0.2) is 192 Å². The molecular formula is C69H122N2O17. The second kappa shape index (κ2) is 45.3. The van der Waals surface area contributed by atoms with Crippen LogP contribution in [0.1, 0.15) is 278 Å². The van der Waals surface area contributed by atoms with Crippen molar-refractivity contribution in [2.45, 2.75) is 357 Å². The summed E-state index contributed by atoms with van der Waals surface area (Å²) in [5.41, 5.74) is 0. The first kappa shape index (κ1) is 75.7. The van der Waals surface area contributed by atoms with E-state index in [1.54, 1.807) is 4.90 Å². The van der Waals surface area contributed by atoms with E-state index >= 15 is 0 Å². The van der Waals surface area contributed by atoms with E-state index in [2.05, 4.69) is 13.8 Å². The first-order chi connectivity index (χ1) is 42.8. The van der Waals surface area contributed by atoms with Crippen LogP contribution in [0.25, 0.3) is 0 Å². The topological polar surface area (TPSA) is 247 Å². The van der Waals surface area contributed by atoms with Gasteiger partial charge in [-0.05, 0) is 70.6 Å². The monoisotopic (exact) mass is 1250 g/mol. The molecule has 0 aliphatic carbocycles. The van der Waals surface area contributed by atoms with Crippen LogP contribution in [0.2, 0.25) is 0 Å². The summed E-state index contributed by atoms with van der Waals surface area (Å²) >= 11 is 0. The fourth-order valence-corrected chi connectivity index (χ4v) is 13.4. The molecule has 5 rings (SSSR count). The number of unbranched alkanes of at least 4 members (excludes halogenated alkanes) is 7. The van der Waals surface area contributed by atoms with Crippen LogP contribution >= 0.6 is 0 Å². The Balaban J connectivity index is 1.56. The molecule has 5 aliphatic heterocycles. The van der Waals surface area contributed by atoms with Gasteiger partial charge >= 0.3 is 17.9 Å². The number of carbonyl (C=O) groups is 5. The maximum absolute atomic E-state index is 13.3. The zero-order valence-electron chi connectivity index (χ0n) is 54.9. The molecule has 88 heavy (non-hydrogen) atoms. The Bertz CT molecular complexity index is 1900. The number of ether oxygens (including phenoxy) is 8. The second-order valence-corrected chi connectivity index (χ2v) is 26.3. The molecule has 0 spiro atoms. The van der Waals surface area contributed by atoms with Gasteiger partial charge in [0.05, 0.1) is 86.5 Å². The summed E-state index contributed by atoms with van der Waals surface area (Å²) in [6.45, 7) is 8.76. The van der Waals surface area contributed by atoms with Crippen molar-refractivity contribution in [2.24, 2.45) is 0 Å². The maximum atomic E-state index is 13.3. The number of aliphatic hydroxyl groups is 4. The standard InChI is InChI=1S/C69H122N2O17/c1-4-7-9-10-14-24-34-60-59(82-46-44-71-42-30-37-66(71)77)33-23-16-12-19-27-39-68(79)84-51-52-50-83-67(78)38-26-18-11-15-22-32-58-56(75)48-62(55(74)47-54(73)57(6-3)81-45-43-70-41-29-36-65(70)76)88-63(53(72)31-21-8-5-2)49-64(87-60)61(86-58)35-25-17-13-20-28-40-69(80)85-52/h52-64,72-75H,4-51H2,1-3H3. The number of amides is 2. The van der Waals surface area contributed by atoms with Crippen molar-refractivity contribution in [3.05, 3.63) is 0 Å². The van der Waals surface area contributed by atoms with E-state index in [9.17, 15) is 44.4 Å². The van der Waals surface area contributed by atoms with Gasteiger partial charge in [0.2, 0.25) is 11.8 Å². The van der Waals surface area contributed by atoms with Crippen molar-refractivity contribution >= 4 is 29.7 Å². The number of carbonyl (C=O) groups excluding carboxylic acids is 5. The van der Waals surface area contributed by atoms with Gasteiger partial charge < -0.3 is 68.1 Å². The zero-order valence-corrected chi connectivity index (χ0v) is 54.9. The van der Waals surface area contributed by atoms with Crippen LogP contribution in [0.3, 0.4) is 0 Å². The fraction of sp³-hybridized carbons (Fsp3) is 0.928. The van der Waals surface area contributed by atoms with Crippen molar-refractivity contribution in [1.82, 2.24) is 9.80 Å². The summed E-state index contributed by atoms with van der Waals surface area (Å²) in [7, 11) is 0. The molecule has 510 valence electrons. The third kappa shape index (κ3) is 30.2. The molecule has 0 aromatic heterocycles. The zero-order chi connectivity index (χ0) is 63.1. The summed E-state index contributed by atoms with van der Waals surface area (Å²) in [6, 6.07) is 0. The van der Waals surface area contributed by atoms with E-state index in [4.69, 9.17) is 37.9 Å². The summed E-state index contributed by atoms with van der Waals surface area (Å²) in [6.07, 6.45) is 16.6. The molecule has 19 heteroatoms. The highest BCUT2D eigenvalue weighted by molar-refractivity contribution is 5.78. The molecule has 19 nitrogen and oxygen atoms in total. The lowest BCUT2D eigenvalue weighted by Gasteiger charge is -2.42. The highest BCUT2D eigenvalue weighted by atomic mass is 16.6. The molecule has 0 radical (unpaired) electrons. The van der Waals surface area contributed by atoms with Crippen molar-refractivity contribution < 1.29 is 82.3 Å². The van der Waals surface area contributed by atoms with Crippen LogP contribution in [0.5, 0.6) is 0 Å². The highest BCUT2D eigenvalue weighted by Gasteiger charge is 2.42. The van der Waals surface area contributed by atoms with Gasteiger partial charge in [-0.25, -0.2) is 0 Å². The number of cyclic esters (lactones) is 2. The molecule has 13 unspecified atom stereocenters. The first-order valence-electron chi connectivity index (χ1n) is 35.8. The van der Waals surface area contributed by atoms with E-state index in [0.717, 1.165) is 135 Å². The van der Waals surface area contributed by atoms with E-state index < -0.39 is 91.2 Å². The summed E-state index contributed by atoms with van der Waals surface area (Å²) in [4.78, 5) is 68.3. The van der Waals surface area contributed by atoms with E-state index in [1.807, 2.05) is 11.8 Å². The lowest BCUT2D eigenvalue weighted by Crippen LogP contribution is -2.51. The number of nitrogens with zero attached hydrogens (tertiary/aromatic N) is 2. The summed E-state index contributed by atoms with van der Waals surface area (Å²) in [5.74, 6) is -1.01. The first-order valence-corrected chi connectivity index (χ1v) is 35.8. The molecule has 13 atom stereocenters. The fourth-order valence-electron chi connectivity index (χ4n) is 13.4. The van der Waals surface area contributed by atoms with Gasteiger partial charge in [0.25, 0.3) is 0 Å². The lowest BCUT2D eigenvalue weighted by atomic mass is 9.91. The number of hydrogen-bond acceptors (Lipinski definition) is 17. The Kier molecular flexibility index (Phi) is 39.0. The third-order valence-electron chi connectivity index (χ3n) is 18.9. The Hall–Kier alpha value is -3.01. The van der Waals surface area contributed by atoms with Crippen molar-refractivity contribution in [1.29, 1.82) is 0 Å². The average molecular weight is 1250 g/mol. The smallest absolute Gasteiger partial charge is 0.306 e. The van der Waals surface area contributed by atoms with Gasteiger partial charge in [0.1, 0.15) is 13.2 Å². The van der Waals surface area contributed by atoms with Crippen molar-refractivity contribution in [3.63, 3.8) is 0 Å². The number of esters is 3. The maximum Gasteiger partial charge on any atom is 0.306 e. The molecule has 5 aliphatic rings. The van der Waals surface area contributed by atoms with Crippen LogP contribution in [0.4, 0.5) is 0 Å². The Morgan fingerprint density at radius 3 is 1.66 bits per heavy atom. The molecule has 5 saturated heterocycles. The van der Waals surface area contributed by atoms with Crippen LogP contribution in [0, 0.1) is 0 Å². The Morgan fingerprint density at radius 1 is 0.523 bits per heavy atom. The Morgan fingerprint density at radius 2 is 1.06 bits per heavy atom. The van der Waals surface area contributed by atoms with Crippen molar-refractivity contribution in [3.8, 4) is 0 Å². The van der Waals surface area contributed by atoms with Crippen LogP contribution in [-0.2, 0) is 61.9 Å². The van der Waals surface area contributed by atoms with Crippen LogP contribution < -0.4 is 0 Å². The number of rotatable bonds is 25. The van der Waals surface area contributed by atoms with Gasteiger partial charge in [-0.2, -0.15) is 0 Å². The largest absolute Gasteiger partial charge is 0.462 e. The van der Waals surface area contributed by atoms with Gasteiger partial charge in [0.15, 0.2) is 6.10 Å². The van der Waals surface area contributed by atoms with Gasteiger partial charge in [-0.1, -0.05) is 156 Å². The van der Waals surface area contributed by atoms with E-state index in [-0.39, 0.29) is 76.3 Å². The molecule has 5 heterocycles. The molecule has 3 bridgehead atoms.